The minimum Gasteiger partial charge on any atom is -0.392 e. The van der Waals surface area contributed by atoms with Crippen molar-refractivity contribution in [2.45, 2.75) is 88.6 Å². The van der Waals surface area contributed by atoms with E-state index in [0.29, 0.717) is 35.4 Å². The second-order valence-electron chi connectivity index (χ2n) is 11.2. The van der Waals surface area contributed by atoms with E-state index in [-0.39, 0.29) is 11.7 Å². The van der Waals surface area contributed by atoms with Crippen molar-refractivity contribution in [2.24, 2.45) is 5.41 Å². The molecule has 1 aliphatic rings. The molecule has 2 aromatic carbocycles. The van der Waals surface area contributed by atoms with E-state index in [1.807, 2.05) is 55.4 Å². The number of halogens is 1. The summed E-state index contributed by atoms with van der Waals surface area (Å²) in [6.45, 7) is 4.20. The lowest BCUT2D eigenvalue weighted by Gasteiger charge is -2.40. The molecule has 3 rings (SSSR count). The Kier molecular flexibility index (Phi) is 11.5. The topological polar surface area (TPSA) is 86.7 Å². The zero-order valence-corrected chi connectivity index (χ0v) is 26.3. The third-order valence-electron chi connectivity index (χ3n) is 7.97. The highest BCUT2D eigenvalue weighted by Gasteiger charge is 2.49. The van der Waals surface area contributed by atoms with Gasteiger partial charge in [0.15, 0.2) is 9.84 Å². The van der Waals surface area contributed by atoms with Crippen molar-refractivity contribution in [3.05, 3.63) is 53.6 Å². The Morgan fingerprint density at radius 2 is 1.74 bits per heavy atom. The summed E-state index contributed by atoms with van der Waals surface area (Å²) >= 11 is 3.41. The van der Waals surface area contributed by atoms with Crippen LogP contribution < -0.4 is 10.2 Å². The second-order valence-corrected chi connectivity index (χ2v) is 13.9. The van der Waals surface area contributed by atoms with Gasteiger partial charge in [0.2, 0.25) is 5.91 Å². The van der Waals surface area contributed by atoms with E-state index < -0.39 is 27.3 Å². The Labute approximate surface area is 243 Å². The minimum atomic E-state index is -3.66. The summed E-state index contributed by atoms with van der Waals surface area (Å²) in [5.41, 5.74) is 2.22. The highest BCUT2D eigenvalue weighted by molar-refractivity contribution is 9.09. The van der Waals surface area contributed by atoms with E-state index >= 15 is 0 Å². The van der Waals surface area contributed by atoms with Gasteiger partial charge in [0.05, 0.1) is 16.8 Å². The van der Waals surface area contributed by atoms with Crippen LogP contribution in [0.3, 0.4) is 0 Å². The van der Waals surface area contributed by atoms with Gasteiger partial charge in [-0.15, -0.1) is 0 Å². The average Bonchev–Trinajstić information content (AvgIpc) is 2.97. The molecule has 1 amide bonds. The zero-order valence-electron chi connectivity index (χ0n) is 23.9. The van der Waals surface area contributed by atoms with Crippen molar-refractivity contribution in [1.82, 2.24) is 0 Å². The number of benzene rings is 2. The molecular weight excluding hydrogens is 576 g/mol. The number of hydrogen-bond acceptors (Lipinski definition) is 5. The summed E-state index contributed by atoms with van der Waals surface area (Å²) in [6.07, 6.45) is 6.14. The van der Waals surface area contributed by atoms with E-state index in [1.54, 1.807) is 6.07 Å². The minimum absolute atomic E-state index is 0.0485. The first-order valence-electron chi connectivity index (χ1n) is 14.3. The number of sulfone groups is 1. The number of rotatable bonds is 13. The summed E-state index contributed by atoms with van der Waals surface area (Å²) in [7, 11) is 0.198. The smallest absolute Gasteiger partial charge is 0.224 e. The first kappa shape index (κ1) is 31.6. The normalized spacial score (nSPS) is 19.6. The van der Waals surface area contributed by atoms with Crippen LogP contribution in [0.15, 0.2) is 47.4 Å². The molecule has 2 atom stereocenters. The van der Waals surface area contributed by atoms with Crippen LogP contribution >= 0.6 is 15.9 Å². The second kappa shape index (κ2) is 14.1. The molecular formula is C31H45BrN2O4S. The van der Waals surface area contributed by atoms with Gasteiger partial charge < -0.3 is 15.3 Å². The first-order chi connectivity index (χ1) is 18.6. The van der Waals surface area contributed by atoms with Gasteiger partial charge in [-0.2, -0.15) is 0 Å². The molecule has 1 aliphatic heterocycles. The maximum Gasteiger partial charge on any atom is 0.224 e. The monoisotopic (exact) mass is 620 g/mol. The Balaban J connectivity index is 2.18. The van der Waals surface area contributed by atoms with E-state index in [9.17, 15) is 18.3 Å². The standard InChI is InChI=1S/C31H45BrN2O4S/c1-5-7-17-31(18-8-6-2)22-39(37,38)27-16-15-25(34(3)4)21-26(27)29(30(31)36)23-12-11-13-24(20-23)33-28(35)14-9-10-19-32/h11-13,15-16,20-21,29-30,36H,5-10,14,17-19,22H2,1-4H3,(H,33,35). The molecule has 0 spiro atoms. The van der Waals surface area contributed by atoms with Crippen LogP contribution in [0.2, 0.25) is 0 Å². The lowest BCUT2D eigenvalue weighted by molar-refractivity contribution is -0.116. The Morgan fingerprint density at radius 3 is 2.36 bits per heavy atom. The molecule has 216 valence electrons. The number of amides is 1. The predicted molar refractivity (Wildman–Crippen MR) is 165 cm³/mol. The van der Waals surface area contributed by atoms with Gasteiger partial charge in [0.1, 0.15) is 0 Å². The Hall–Kier alpha value is -1.90. The number of unbranched alkanes of at least 4 members (excludes halogenated alkanes) is 3. The van der Waals surface area contributed by atoms with Crippen molar-refractivity contribution in [2.75, 3.05) is 35.4 Å². The lowest BCUT2D eigenvalue weighted by atomic mass is 9.68. The summed E-state index contributed by atoms with van der Waals surface area (Å²) in [4.78, 5) is 14.8. The number of hydrogen-bond donors (Lipinski definition) is 2. The lowest BCUT2D eigenvalue weighted by Crippen LogP contribution is -2.43. The fraction of sp³-hybridized carbons (Fsp3) is 0.581. The van der Waals surface area contributed by atoms with Crippen LogP contribution in [-0.2, 0) is 14.6 Å². The molecule has 0 bridgehead atoms. The molecule has 0 radical (unpaired) electrons. The van der Waals surface area contributed by atoms with Crippen LogP contribution in [-0.4, -0.2) is 50.7 Å². The number of carbonyl (C=O) groups is 1. The number of anilines is 2. The molecule has 1 heterocycles. The van der Waals surface area contributed by atoms with Gasteiger partial charge in [-0.25, -0.2) is 8.42 Å². The zero-order chi connectivity index (χ0) is 28.6. The molecule has 2 N–H and O–H groups in total. The molecule has 0 aromatic heterocycles. The van der Waals surface area contributed by atoms with Crippen LogP contribution in [0.1, 0.15) is 88.7 Å². The number of carbonyl (C=O) groups excluding carboxylic acids is 1. The van der Waals surface area contributed by atoms with E-state index in [0.717, 1.165) is 55.1 Å². The number of aliphatic hydroxyl groups excluding tert-OH is 1. The number of fused-ring (bicyclic) bond motifs is 1. The molecule has 0 saturated heterocycles. The highest BCUT2D eigenvalue weighted by Crippen LogP contribution is 2.50. The predicted octanol–water partition coefficient (Wildman–Crippen LogP) is 6.90. The fourth-order valence-corrected chi connectivity index (χ4v) is 8.39. The summed E-state index contributed by atoms with van der Waals surface area (Å²) in [6, 6.07) is 13.1. The Bertz CT molecular complexity index is 1210. The van der Waals surface area contributed by atoms with Crippen LogP contribution in [0.5, 0.6) is 0 Å². The highest BCUT2D eigenvalue weighted by atomic mass is 79.9. The molecule has 6 nitrogen and oxygen atoms in total. The van der Waals surface area contributed by atoms with Gasteiger partial charge in [0.25, 0.3) is 0 Å². The van der Waals surface area contributed by atoms with Gasteiger partial charge in [-0.3, -0.25) is 4.79 Å². The van der Waals surface area contributed by atoms with Crippen molar-refractivity contribution in [3.63, 3.8) is 0 Å². The van der Waals surface area contributed by atoms with Crippen molar-refractivity contribution >= 4 is 43.0 Å². The Morgan fingerprint density at radius 1 is 1.05 bits per heavy atom. The summed E-state index contributed by atoms with van der Waals surface area (Å²) in [5.74, 6) is -0.653. The van der Waals surface area contributed by atoms with E-state index in [1.165, 1.54) is 0 Å². The van der Waals surface area contributed by atoms with E-state index in [4.69, 9.17) is 0 Å². The van der Waals surface area contributed by atoms with Crippen LogP contribution in [0, 0.1) is 5.41 Å². The molecule has 8 heteroatoms. The molecule has 0 fully saturated rings. The maximum atomic E-state index is 14.0. The fourth-order valence-electron chi connectivity index (χ4n) is 5.80. The summed E-state index contributed by atoms with van der Waals surface area (Å²) in [5, 5.41) is 16.2. The first-order valence-corrected chi connectivity index (χ1v) is 17.0. The molecule has 0 saturated carbocycles. The summed E-state index contributed by atoms with van der Waals surface area (Å²) < 4.78 is 28.0. The largest absolute Gasteiger partial charge is 0.392 e. The third kappa shape index (κ3) is 7.65. The van der Waals surface area contributed by atoms with Gasteiger partial charge in [-0.05, 0) is 67.1 Å². The van der Waals surface area contributed by atoms with Crippen LogP contribution in [0.4, 0.5) is 11.4 Å². The van der Waals surface area contributed by atoms with Crippen LogP contribution in [0.25, 0.3) is 0 Å². The third-order valence-corrected chi connectivity index (χ3v) is 10.5. The maximum absolute atomic E-state index is 14.0. The van der Waals surface area contributed by atoms with Gasteiger partial charge >= 0.3 is 0 Å². The molecule has 2 aromatic rings. The number of nitrogens with one attached hydrogen (secondary N) is 1. The SMILES string of the molecule is CCCCC1(CCCC)CS(=O)(=O)c2ccc(N(C)C)cc2C(c2cccc(NC(=O)CCCCBr)c2)C1O. The number of nitrogens with zero attached hydrogens (tertiary/aromatic N) is 1. The van der Waals surface area contributed by atoms with Gasteiger partial charge in [-0.1, -0.05) is 67.6 Å². The van der Waals surface area contributed by atoms with E-state index in [2.05, 4.69) is 35.1 Å². The molecule has 39 heavy (non-hydrogen) atoms. The number of alkyl halides is 1. The number of aliphatic hydroxyl groups is 1. The van der Waals surface area contributed by atoms with Crippen molar-refractivity contribution in [3.8, 4) is 0 Å². The average molecular weight is 622 g/mol. The quantitative estimate of drug-likeness (QED) is 0.188. The van der Waals surface area contributed by atoms with Crippen molar-refractivity contribution < 1.29 is 18.3 Å². The molecule has 2 unspecified atom stereocenters. The molecule has 0 aliphatic carbocycles. The van der Waals surface area contributed by atoms with Crippen molar-refractivity contribution in [1.29, 1.82) is 0 Å². The van der Waals surface area contributed by atoms with Gasteiger partial charge in [0, 0.05) is 48.6 Å².